The molecule has 0 saturated heterocycles. The van der Waals surface area contributed by atoms with E-state index in [2.05, 4.69) is 0 Å². The molecule has 2 aromatic rings. The minimum absolute atomic E-state index is 0.293. The highest BCUT2D eigenvalue weighted by Gasteiger charge is 2.24. The van der Waals surface area contributed by atoms with Crippen LogP contribution >= 0.6 is 11.6 Å². The van der Waals surface area contributed by atoms with Gasteiger partial charge in [-0.15, -0.1) is 0 Å². The van der Waals surface area contributed by atoms with E-state index >= 15 is 0 Å². The Morgan fingerprint density at radius 1 is 1.14 bits per heavy atom. The van der Waals surface area contributed by atoms with E-state index in [1.807, 2.05) is 30.3 Å². The van der Waals surface area contributed by atoms with E-state index < -0.39 is 5.97 Å². The average Bonchev–Trinajstić information content (AvgIpc) is 2.46. The van der Waals surface area contributed by atoms with Crippen molar-refractivity contribution in [2.75, 3.05) is 0 Å². The number of hydrogen-bond acceptors (Lipinski definition) is 2. The van der Waals surface area contributed by atoms with Crippen molar-refractivity contribution in [1.29, 1.82) is 0 Å². The molecule has 0 fully saturated rings. The summed E-state index contributed by atoms with van der Waals surface area (Å²) < 4.78 is 5.79. The van der Waals surface area contributed by atoms with Gasteiger partial charge < -0.3 is 9.84 Å². The zero-order valence-electron chi connectivity index (χ0n) is 11.4. The first-order chi connectivity index (χ1) is 10.1. The van der Waals surface area contributed by atoms with Crippen molar-refractivity contribution in [3.05, 3.63) is 58.6 Å². The van der Waals surface area contributed by atoms with Crippen LogP contribution in [0.1, 0.15) is 17.5 Å². The average molecular weight is 303 g/mol. The van der Waals surface area contributed by atoms with E-state index in [0.29, 0.717) is 29.4 Å². The first kappa shape index (κ1) is 14.0. The monoisotopic (exact) mass is 302 g/mol. The van der Waals surface area contributed by atoms with E-state index in [0.717, 1.165) is 12.0 Å². The summed E-state index contributed by atoms with van der Waals surface area (Å²) in [4.78, 5) is 11.1. The highest BCUT2D eigenvalue weighted by atomic mass is 35.5. The van der Waals surface area contributed by atoms with Gasteiger partial charge in [-0.2, -0.15) is 0 Å². The number of carbonyl (C=O) groups is 1. The maximum absolute atomic E-state index is 11.1. The van der Waals surface area contributed by atoms with Gasteiger partial charge in [-0.3, -0.25) is 4.79 Å². The number of ether oxygens (including phenoxy) is 1. The molecule has 0 aromatic heterocycles. The lowest BCUT2D eigenvalue weighted by molar-refractivity contribution is -0.142. The maximum atomic E-state index is 11.1. The smallest absolute Gasteiger partial charge is 0.306 e. The Morgan fingerprint density at radius 3 is 2.71 bits per heavy atom. The number of halogens is 1. The fourth-order valence-corrected chi connectivity index (χ4v) is 2.85. The molecular formula is C17H15ClO3. The van der Waals surface area contributed by atoms with Crippen molar-refractivity contribution in [3.63, 3.8) is 0 Å². The van der Waals surface area contributed by atoms with Gasteiger partial charge in [0.1, 0.15) is 11.5 Å². The second kappa shape index (κ2) is 5.78. The summed E-state index contributed by atoms with van der Waals surface area (Å²) in [5.74, 6) is 0.371. The standard InChI is InChI=1S/C17H15ClO3/c18-14-2-1-3-15(10-14)21-16-7-6-11-4-5-12(17(19)20)8-13(11)9-16/h1-3,6-7,9-10,12H,4-5,8H2,(H,19,20). The van der Waals surface area contributed by atoms with E-state index in [1.54, 1.807) is 12.1 Å². The lowest BCUT2D eigenvalue weighted by atomic mass is 9.84. The van der Waals surface area contributed by atoms with Crippen LogP contribution in [0.2, 0.25) is 5.02 Å². The number of fused-ring (bicyclic) bond motifs is 1. The molecule has 4 heteroatoms. The Kier molecular flexibility index (Phi) is 3.84. The van der Waals surface area contributed by atoms with Crippen molar-refractivity contribution in [2.45, 2.75) is 19.3 Å². The van der Waals surface area contributed by atoms with Crippen LogP contribution in [0.15, 0.2) is 42.5 Å². The van der Waals surface area contributed by atoms with Crippen molar-refractivity contribution < 1.29 is 14.6 Å². The molecule has 108 valence electrons. The van der Waals surface area contributed by atoms with Crippen LogP contribution in [0.25, 0.3) is 0 Å². The number of carboxylic acid groups (broad SMARTS) is 1. The molecule has 2 aromatic carbocycles. The molecule has 1 N–H and O–H groups in total. The molecule has 0 amide bonds. The Hall–Kier alpha value is -2.00. The lowest BCUT2D eigenvalue weighted by Crippen LogP contribution is -2.22. The Labute approximate surface area is 128 Å². The van der Waals surface area contributed by atoms with Gasteiger partial charge in [-0.25, -0.2) is 0 Å². The zero-order chi connectivity index (χ0) is 14.8. The minimum Gasteiger partial charge on any atom is -0.481 e. The Balaban J connectivity index is 1.82. The molecule has 21 heavy (non-hydrogen) atoms. The first-order valence-electron chi connectivity index (χ1n) is 6.90. The molecule has 1 atom stereocenters. The second-order valence-electron chi connectivity index (χ2n) is 5.27. The number of hydrogen-bond donors (Lipinski definition) is 1. The third-order valence-corrected chi connectivity index (χ3v) is 4.02. The molecular weight excluding hydrogens is 288 g/mol. The summed E-state index contributed by atoms with van der Waals surface area (Å²) in [5.41, 5.74) is 2.28. The van der Waals surface area contributed by atoms with Crippen LogP contribution in [0, 0.1) is 5.92 Å². The zero-order valence-corrected chi connectivity index (χ0v) is 12.1. The summed E-state index contributed by atoms with van der Waals surface area (Å²) in [5, 5.41) is 9.77. The van der Waals surface area contributed by atoms with Gasteiger partial charge in [0.15, 0.2) is 0 Å². The van der Waals surface area contributed by atoms with Crippen molar-refractivity contribution >= 4 is 17.6 Å². The molecule has 3 rings (SSSR count). The molecule has 3 nitrogen and oxygen atoms in total. The van der Waals surface area contributed by atoms with Crippen LogP contribution in [0.3, 0.4) is 0 Å². The SMILES string of the molecule is O=C(O)C1CCc2ccc(Oc3cccc(Cl)c3)cc2C1. The molecule has 1 aliphatic rings. The normalized spacial score (nSPS) is 17.1. The van der Waals surface area contributed by atoms with Crippen molar-refractivity contribution in [3.8, 4) is 11.5 Å². The Bertz CT molecular complexity index is 681. The largest absolute Gasteiger partial charge is 0.481 e. The molecule has 0 heterocycles. The molecule has 0 radical (unpaired) electrons. The molecule has 1 unspecified atom stereocenters. The molecule has 0 spiro atoms. The highest BCUT2D eigenvalue weighted by molar-refractivity contribution is 6.30. The summed E-state index contributed by atoms with van der Waals surface area (Å²) in [7, 11) is 0. The highest BCUT2D eigenvalue weighted by Crippen LogP contribution is 2.31. The number of benzene rings is 2. The second-order valence-corrected chi connectivity index (χ2v) is 5.70. The first-order valence-corrected chi connectivity index (χ1v) is 7.27. The van der Waals surface area contributed by atoms with E-state index in [9.17, 15) is 4.79 Å². The van der Waals surface area contributed by atoms with Crippen LogP contribution in [-0.2, 0) is 17.6 Å². The minimum atomic E-state index is -0.721. The van der Waals surface area contributed by atoms with E-state index in [1.165, 1.54) is 5.56 Å². The molecule has 0 saturated carbocycles. The summed E-state index contributed by atoms with van der Waals surface area (Å²) in [6.45, 7) is 0. The fraction of sp³-hybridized carbons (Fsp3) is 0.235. The van der Waals surface area contributed by atoms with Crippen molar-refractivity contribution in [2.24, 2.45) is 5.92 Å². The lowest BCUT2D eigenvalue weighted by Gasteiger charge is -2.22. The van der Waals surface area contributed by atoms with Gasteiger partial charge in [-0.05, 0) is 60.7 Å². The van der Waals surface area contributed by atoms with Crippen LogP contribution in [-0.4, -0.2) is 11.1 Å². The molecule has 1 aliphatic carbocycles. The van der Waals surface area contributed by atoms with Gasteiger partial charge in [-0.1, -0.05) is 23.7 Å². The van der Waals surface area contributed by atoms with Gasteiger partial charge >= 0.3 is 5.97 Å². The van der Waals surface area contributed by atoms with Gasteiger partial charge in [0.25, 0.3) is 0 Å². The summed E-state index contributed by atoms with van der Waals surface area (Å²) in [6, 6.07) is 13.1. The third-order valence-electron chi connectivity index (χ3n) is 3.79. The van der Waals surface area contributed by atoms with Crippen LogP contribution < -0.4 is 4.74 Å². The van der Waals surface area contributed by atoms with Crippen LogP contribution in [0.5, 0.6) is 11.5 Å². The predicted molar refractivity (Wildman–Crippen MR) is 81.1 cm³/mol. The summed E-state index contributed by atoms with van der Waals surface area (Å²) >= 11 is 5.94. The Morgan fingerprint density at radius 2 is 1.95 bits per heavy atom. The topological polar surface area (TPSA) is 46.5 Å². The number of aliphatic carboxylic acids is 1. The fourth-order valence-electron chi connectivity index (χ4n) is 2.67. The van der Waals surface area contributed by atoms with E-state index in [4.69, 9.17) is 21.4 Å². The van der Waals surface area contributed by atoms with Crippen molar-refractivity contribution in [1.82, 2.24) is 0 Å². The molecule has 0 aliphatic heterocycles. The van der Waals surface area contributed by atoms with E-state index in [-0.39, 0.29) is 5.92 Å². The molecule has 0 bridgehead atoms. The maximum Gasteiger partial charge on any atom is 0.306 e. The number of aryl methyl sites for hydroxylation is 1. The van der Waals surface area contributed by atoms with Gasteiger partial charge in [0, 0.05) is 5.02 Å². The summed E-state index contributed by atoms with van der Waals surface area (Å²) in [6.07, 6.45) is 2.08. The predicted octanol–water partition coefficient (Wildman–Crippen LogP) is 4.32. The number of rotatable bonds is 3. The number of carboxylic acids is 1. The van der Waals surface area contributed by atoms with Crippen LogP contribution in [0.4, 0.5) is 0 Å². The van der Waals surface area contributed by atoms with Gasteiger partial charge in [0.2, 0.25) is 0 Å². The third kappa shape index (κ3) is 3.19. The quantitative estimate of drug-likeness (QED) is 0.918. The van der Waals surface area contributed by atoms with Gasteiger partial charge in [0.05, 0.1) is 5.92 Å².